The van der Waals surface area contributed by atoms with E-state index in [1.807, 2.05) is 0 Å². The Morgan fingerprint density at radius 2 is 1.94 bits per heavy atom. The number of halogens is 2. The lowest BCUT2D eigenvalue weighted by Crippen LogP contribution is -2.45. The van der Waals surface area contributed by atoms with E-state index in [1.54, 1.807) is 54.3 Å². The van der Waals surface area contributed by atoms with Gasteiger partial charge in [0.05, 0.1) is 17.5 Å². The van der Waals surface area contributed by atoms with Crippen LogP contribution in [0.3, 0.4) is 0 Å². The second-order valence-electron chi connectivity index (χ2n) is 7.72. The summed E-state index contributed by atoms with van der Waals surface area (Å²) in [7, 11) is 3.24. The molecule has 34 heavy (non-hydrogen) atoms. The first-order chi connectivity index (χ1) is 16.4. The molecule has 3 aromatic rings. The van der Waals surface area contributed by atoms with Crippen LogP contribution < -0.4 is 16.0 Å². The van der Waals surface area contributed by atoms with Crippen molar-refractivity contribution in [1.29, 1.82) is 0 Å². The first-order valence-electron chi connectivity index (χ1n) is 10.6. The van der Waals surface area contributed by atoms with Gasteiger partial charge in [-0.1, -0.05) is 11.6 Å². The Kier molecular flexibility index (Phi) is 6.99. The van der Waals surface area contributed by atoms with Gasteiger partial charge in [0.25, 0.3) is 0 Å². The number of nitrogens with one attached hydrogen (secondary N) is 3. The lowest BCUT2D eigenvalue weighted by Gasteiger charge is -2.24. The van der Waals surface area contributed by atoms with Crippen LogP contribution in [0.25, 0.3) is 5.69 Å². The molecule has 2 atom stereocenters. The summed E-state index contributed by atoms with van der Waals surface area (Å²) < 4.78 is 21.9. The fraction of sp³-hybridized carbons (Fsp3) is 0.261. The van der Waals surface area contributed by atoms with Gasteiger partial charge >= 0.3 is 6.03 Å². The van der Waals surface area contributed by atoms with Gasteiger partial charge in [-0.15, -0.1) is 0 Å². The van der Waals surface area contributed by atoms with Gasteiger partial charge in [0.2, 0.25) is 11.9 Å². The van der Waals surface area contributed by atoms with Gasteiger partial charge in [0.1, 0.15) is 11.9 Å². The van der Waals surface area contributed by atoms with E-state index in [0.717, 1.165) is 0 Å². The molecule has 2 heterocycles. The average molecular weight is 487 g/mol. The number of nitrogens with zero attached hydrogens (tertiary/aromatic N) is 3. The third-order valence-electron chi connectivity index (χ3n) is 5.61. The number of anilines is 3. The van der Waals surface area contributed by atoms with Crippen LogP contribution in [0.15, 0.2) is 54.9 Å². The number of methoxy groups -OCH3 is 1. The van der Waals surface area contributed by atoms with Crippen molar-refractivity contribution >= 4 is 40.9 Å². The molecule has 9 nitrogen and oxygen atoms in total. The van der Waals surface area contributed by atoms with Crippen molar-refractivity contribution in [2.75, 3.05) is 36.7 Å². The standard InChI is InChI=1S/C23H24ClFN6O3/c1-26-22-27-9-10-30(22)16-7-8-19(18(25)11-16)29-21(32)20-12-17(34-2)13-31(20)23(33)28-15-5-3-14(24)4-6-15/h3-11,17,20H,12-13H2,1-2H3,(H,26,27)(H,28,33)(H,29,32)/t17-,20-/m1/s1. The maximum atomic E-state index is 14.8. The maximum absolute atomic E-state index is 14.8. The van der Waals surface area contributed by atoms with Crippen LogP contribution in [-0.2, 0) is 9.53 Å². The summed E-state index contributed by atoms with van der Waals surface area (Å²) in [6.07, 6.45) is 3.26. The van der Waals surface area contributed by atoms with E-state index < -0.39 is 23.8 Å². The summed E-state index contributed by atoms with van der Waals surface area (Å²) in [4.78, 5) is 31.5. The second-order valence-corrected chi connectivity index (χ2v) is 8.16. The molecule has 3 amide bonds. The van der Waals surface area contributed by atoms with Crippen molar-refractivity contribution in [2.45, 2.75) is 18.6 Å². The van der Waals surface area contributed by atoms with Crippen LogP contribution in [0.5, 0.6) is 0 Å². The van der Waals surface area contributed by atoms with Gasteiger partial charge in [-0.25, -0.2) is 14.2 Å². The number of urea groups is 1. The SMILES string of the molecule is CNc1nccn1-c1ccc(NC(=O)[C@H]2C[C@@H](OC)CN2C(=O)Nc2ccc(Cl)cc2)c(F)c1. The third-order valence-corrected chi connectivity index (χ3v) is 5.86. The number of likely N-dealkylation sites (tertiary alicyclic amines) is 1. The van der Waals surface area contributed by atoms with Gasteiger partial charge in [0.15, 0.2) is 0 Å². The van der Waals surface area contributed by atoms with Crippen LogP contribution >= 0.6 is 11.6 Å². The molecule has 4 rings (SSSR count). The van der Waals surface area contributed by atoms with Crippen LogP contribution in [-0.4, -0.2) is 59.2 Å². The summed E-state index contributed by atoms with van der Waals surface area (Å²) in [5.74, 6) is -0.564. The normalized spacial score (nSPS) is 17.5. The van der Waals surface area contributed by atoms with Gasteiger partial charge in [-0.3, -0.25) is 9.36 Å². The van der Waals surface area contributed by atoms with Gasteiger partial charge in [-0.05, 0) is 36.4 Å². The average Bonchev–Trinajstić information content (AvgIpc) is 3.49. The first kappa shape index (κ1) is 23.5. The van der Waals surface area contributed by atoms with E-state index in [-0.39, 0.29) is 24.8 Å². The Balaban J connectivity index is 1.49. The number of benzene rings is 2. The molecule has 0 saturated carbocycles. The molecule has 2 aromatic carbocycles. The highest BCUT2D eigenvalue weighted by Crippen LogP contribution is 2.25. The van der Waals surface area contributed by atoms with E-state index in [0.29, 0.717) is 22.3 Å². The Morgan fingerprint density at radius 1 is 1.18 bits per heavy atom. The minimum atomic E-state index is -0.833. The molecule has 1 aliphatic heterocycles. The summed E-state index contributed by atoms with van der Waals surface area (Å²) in [5, 5.41) is 8.82. The largest absolute Gasteiger partial charge is 0.380 e. The number of carbonyl (C=O) groups is 2. The topological polar surface area (TPSA) is 101 Å². The molecule has 0 radical (unpaired) electrons. The summed E-state index contributed by atoms with van der Waals surface area (Å²) in [6, 6.07) is 9.78. The molecule has 1 aliphatic rings. The quantitative estimate of drug-likeness (QED) is 0.489. The van der Waals surface area contributed by atoms with E-state index in [9.17, 15) is 14.0 Å². The third kappa shape index (κ3) is 4.97. The number of carbonyl (C=O) groups excluding carboxylic acids is 2. The highest BCUT2D eigenvalue weighted by Gasteiger charge is 2.40. The molecule has 3 N–H and O–H groups in total. The number of aromatic nitrogens is 2. The van der Waals surface area contributed by atoms with E-state index in [4.69, 9.17) is 16.3 Å². The zero-order chi connectivity index (χ0) is 24.2. The van der Waals surface area contributed by atoms with E-state index >= 15 is 0 Å². The van der Waals surface area contributed by atoms with E-state index in [1.165, 1.54) is 24.1 Å². The van der Waals surface area contributed by atoms with Gasteiger partial charge in [-0.2, -0.15) is 0 Å². The Morgan fingerprint density at radius 3 is 2.62 bits per heavy atom. The molecule has 0 spiro atoms. The Labute approximate surface area is 200 Å². The Hall–Kier alpha value is -3.63. The second kappa shape index (κ2) is 10.1. The fourth-order valence-electron chi connectivity index (χ4n) is 3.84. The van der Waals surface area contributed by atoms with Crippen LogP contribution in [0, 0.1) is 5.82 Å². The number of imidazole rings is 1. The van der Waals surface area contributed by atoms with E-state index in [2.05, 4.69) is 20.9 Å². The summed E-state index contributed by atoms with van der Waals surface area (Å²) in [6.45, 7) is 0.225. The minimum Gasteiger partial charge on any atom is -0.380 e. The number of amides is 3. The van der Waals surface area contributed by atoms with Crippen LogP contribution in [0.4, 0.5) is 26.5 Å². The van der Waals surface area contributed by atoms with Crippen molar-refractivity contribution < 1.29 is 18.7 Å². The zero-order valence-corrected chi connectivity index (χ0v) is 19.3. The maximum Gasteiger partial charge on any atom is 0.322 e. The monoisotopic (exact) mass is 486 g/mol. The molecule has 1 aromatic heterocycles. The van der Waals surface area contributed by atoms with Gasteiger partial charge in [0, 0.05) is 56.3 Å². The Bertz CT molecular complexity index is 1190. The molecule has 0 bridgehead atoms. The smallest absolute Gasteiger partial charge is 0.322 e. The zero-order valence-electron chi connectivity index (χ0n) is 18.6. The number of hydrogen-bond donors (Lipinski definition) is 3. The highest BCUT2D eigenvalue weighted by atomic mass is 35.5. The van der Waals surface area contributed by atoms with Crippen LogP contribution in [0.2, 0.25) is 5.02 Å². The molecule has 11 heteroatoms. The van der Waals surface area contributed by atoms with Crippen molar-refractivity contribution in [3.05, 3.63) is 65.7 Å². The van der Waals surface area contributed by atoms with Crippen molar-refractivity contribution in [3.63, 3.8) is 0 Å². The van der Waals surface area contributed by atoms with Crippen molar-refractivity contribution in [2.24, 2.45) is 0 Å². The predicted octanol–water partition coefficient (Wildman–Crippen LogP) is 3.97. The summed E-state index contributed by atoms with van der Waals surface area (Å²) >= 11 is 5.89. The molecule has 0 aliphatic carbocycles. The molecular weight excluding hydrogens is 463 g/mol. The lowest BCUT2D eigenvalue weighted by atomic mass is 10.1. The van der Waals surface area contributed by atoms with Crippen molar-refractivity contribution in [1.82, 2.24) is 14.5 Å². The lowest BCUT2D eigenvalue weighted by molar-refractivity contribution is -0.119. The predicted molar refractivity (Wildman–Crippen MR) is 128 cm³/mol. The summed E-state index contributed by atoms with van der Waals surface area (Å²) in [5.41, 5.74) is 1.09. The number of hydrogen-bond acceptors (Lipinski definition) is 5. The van der Waals surface area contributed by atoms with Crippen molar-refractivity contribution in [3.8, 4) is 5.69 Å². The minimum absolute atomic E-state index is 0.0128. The first-order valence-corrected chi connectivity index (χ1v) is 10.9. The van der Waals surface area contributed by atoms with Crippen LogP contribution in [0.1, 0.15) is 6.42 Å². The number of ether oxygens (including phenoxy) is 1. The van der Waals surface area contributed by atoms with Gasteiger partial charge < -0.3 is 25.6 Å². The fourth-order valence-corrected chi connectivity index (χ4v) is 3.96. The molecule has 0 unspecified atom stereocenters. The number of rotatable bonds is 6. The molecular formula is C23H24ClFN6O3. The molecule has 1 saturated heterocycles. The molecule has 178 valence electrons. The molecule has 1 fully saturated rings. The highest BCUT2D eigenvalue weighted by molar-refractivity contribution is 6.30.